The second-order valence-electron chi connectivity index (χ2n) is 7.33. The molecule has 1 aliphatic heterocycles. The largest absolute Gasteiger partial charge is 0.367 e. The third-order valence-corrected chi connectivity index (χ3v) is 5.32. The lowest BCUT2D eigenvalue weighted by Crippen LogP contribution is -2.39. The molecule has 0 aromatic carbocycles. The lowest BCUT2D eigenvalue weighted by Gasteiger charge is -2.32. The van der Waals surface area contributed by atoms with E-state index in [-0.39, 0.29) is 0 Å². The first kappa shape index (κ1) is 16.3. The summed E-state index contributed by atoms with van der Waals surface area (Å²) < 4.78 is 0. The maximum atomic E-state index is 4.54. The van der Waals surface area contributed by atoms with Gasteiger partial charge in [0.25, 0.3) is 0 Å². The highest BCUT2D eigenvalue weighted by Crippen LogP contribution is 2.25. The van der Waals surface area contributed by atoms with Gasteiger partial charge in [-0.05, 0) is 37.7 Å². The van der Waals surface area contributed by atoms with Crippen LogP contribution in [0.25, 0.3) is 0 Å². The first-order valence-electron chi connectivity index (χ1n) is 9.22. The SMILES string of the molecule is CN(C)c1cc(NC2CCN(Cc3n[nH]c4c3CCC4)CC2)ncn1. The molecule has 2 aromatic rings. The molecule has 1 saturated heterocycles. The summed E-state index contributed by atoms with van der Waals surface area (Å²) in [5, 5.41) is 11.3. The Balaban J connectivity index is 1.30. The molecule has 4 rings (SSSR count). The molecule has 2 aliphatic rings. The highest BCUT2D eigenvalue weighted by atomic mass is 15.2. The molecule has 0 unspecified atom stereocenters. The van der Waals surface area contributed by atoms with Crippen molar-refractivity contribution in [1.82, 2.24) is 25.1 Å². The molecule has 1 fully saturated rings. The van der Waals surface area contributed by atoms with Gasteiger partial charge in [0.1, 0.15) is 18.0 Å². The minimum atomic E-state index is 0.478. The summed E-state index contributed by atoms with van der Waals surface area (Å²) >= 11 is 0. The molecule has 0 bridgehead atoms. The van der Waals surface area contributed by atoms with Gasteiger partial charge in [-0.1, -0.05) is 0 Å². The van der Waals surface area contributed by atoms with Crippen LogP contribution in [-0.2, 0) is 19.4 Å². The summed E-state index contributed by atoms with van der Waals surface area (Å²) in [4.78, 5) is 13.2. The Kier molecular flexibility index (Phi) is 4.57. The topological polar surface area (TPSA) is 73.0 Å². The van der Waals surface area contributed by atoms with Crippen molar-refractivity contribution in [1.29, 1.82) is 0 Å². The number of aromatic amines is 1. The lowest BCUT2D eigenvalue weighted by molar-refractivity contribution is 0.208. The van der Waals surface area contributed by atoms with Gasteiger partial charge in [0, 0.05) is 51.5 Å². The zero-order chi connectivity index (χ0) is 17.2. The second kappa shape index (κ2) is 7.00. The lowest BCUT2D eigenvalue weighted by atomic mass is 10.0. The van der Waals surface area contributed by atoms with Crippen molar-refractivity contribution >= 4 is 11.6 Å². The normalized spacial score (nSPS) is 18.3. The van der Waals surface area contributed by atoms with E-state index in [1.165, 1.54) is 36.2 Å². The standard InChI is InChI=1S/C18H27N7/c1-24(2)18-10-17(19-12-20-18)21-13-6-8-25(9-7-13)11-16-14-4-3-5-15(14)22-23-16/h10,12-13H,3-9,11H2,1-2H3,(H,22,23)(H,19,20,21). The number of nitrogens with zero attached hydrogens (tertiary/aromatic N) is 5. The monoisotopic (exact) mass is 341 g/mol. The van der Waals surface area contributed by atoms with Gasteiger partial charge in [-0.15, -0.1) is 0 Å². The van der Waals surface area contributed by atoms with Crippen LogP contribution in [0.5, 0.6) is 0 Å². The number of rotatable bonds is 5. The second-order valence-corrected chi connectivity index (χ2v) is 7.33. The molecule has 7 nitrogen and oxygen atoms in total. The van der Waals surface area contributed by atoms with Crippen molar-refractivity contribution in [3.8, 4) is 0 Å². The van der Waals surface area contributed by atoms with E-state index in [1.807, 2.05) is 25.1 Å². The van der Waals surface area contributed by atoms with E-state index in [4.69, 9.17) is 0 Å². The van der Waals surface area contributed by atoms with E-state index in [9.17, 15) is 0 Å². The van der Waals surface area contributed by atoms with Gasteiger partial charge in [0.15, 0.2) is 0 Å². The molecule has 3 heterocycles. The fourth-order valence-electron chi connectivity index (χ4n) is 3.85. The van der Waals surface area contributed by atoms with Gasteiger partial charge < -0.3 is 10.2 Å². The molecule has 0 amide bonds. The van der Waals surface area contributed by atoms with Crippen LogP contribution in [0.2, 0.25) is 0 Å². The van der Waals surface area contributed by atoms with Crippen LogP contribution in [0.1, 0.15) is 36.2 Å². The zero-order valence-corrected chi connectivity index (χ0v) is 15.1. The van der Waals surface area contributed by atoms with Crippen molar-refractivity contribution in [2.45, 2.75) is 44.7 Å². The maximum absolute atomic E-state index is 4.54. The first-order chi connectivity index (χ1) is 12.2. The molecule has 2 N–H and O–H groups in total. The maximum Gasteiger partial charge on any atom is 0.133 e. The van der Waals surface area contributed by atoms with E-state index >= 15 is 0 Å². The van der Waals surface area contributed by atoms with Crippen LogP contribution in [0.15, 0.2) is 12.4 Å². The molecular formula is C18H27N7. The number of piperidine rings is 1. The fraction of sp³-hybridized carbons (Fsp3) is 0.611. The van der Waals surface area contributed by atoms with E-state index in [2.05, 4.69) is 30.4 Å². The molecule has 0 atom stereocenters. The number of aryl methyl sites for hydroxylation is 1. The number of fused-ring (bicyclic) bond motifs is 1. The predicted octanol–water partition coefficient (Wildman–Crippen LogP) is 1.83. The fourth-order valence-corrected chi connectivity index (χ4v) is 3.85. The number of likely N-dealkylation sites (tertiary alicyclic amines) is 1. The van der Waals surface area contributed by atoms with Crippen LogP contribution >= 0.6 is 0 Å². The summed E-state index contributed by atoms with van der Waals surface area (Å²) in [6.45, 7) is 3.19. The van der Waals surface area contributed by atoms with Crippen molar-refractivity contribution < 1.29 is 0 Å². The third-order valence-electron chi connectivity index (χ3n) is 5.32. The van der Waals surface area contributed by atoms with Crippen molar-refractivity contribution in [3.63, 3.8) is 0 Å². The van der Waals surface area contributed by atoms with Gasteiger partial charge in [-0.25, -0.2) is 9.97 Å². The summed E-state index contributed by atoms with van der Waals surface area (Å²) in [7, 11) is 3.99. The molecular weight excluding hydrogens is 314 g/mol. The quantitative estimate of drug-likeness (QED) is 0.864. The summed E-state index contributed by atoms with van der Waals surface area (Å²) in [6, 6.07) is 2.49. The molecule has 0 saturated carbocycles. The number of anilines is 2. The molecule has 134 valence electrons. The number of hydrogen-bond acceptors (Lipinski definition) is 6. The van der Waals surface area contributed by atoms with Crippen LogP contribution in [0.4, 0.5) is 11.6 Å². The van der Waals surface area contributed by atoms with Crippen molar-refractivity contribution in [2.24, 2.45) is 0 Å². The number of aromatic nitrogens is 4. The minimum absolute atomic E-state index is 0.478. The third kappa shape index (κ3) is 3.61. The first-order valence-corrected chi connectivity index (χ1v) is 9.22. The van der Waals surface area contributed by atoms with Gasteiger partial charge >= 0.3 is 0 Å². The van der Waals surface area contributed by atoms with E-state index in [1.54, 1.807) is 6.33 Å². The van der Waals surface area contributed by atoms with Gasteiger partial charge in [-0.3, -0.25) is 10.00 Å². The number of hydrogen-bond donors (Lipinski definition) is 2. The highest BCUT2D eigenvalue weighted by molar-refractivity contribution is 5.47. The van der Waals surface area contributed by atoms with Crippen molar-refractivity contribution in [2.75, 3.05) is 37.4 Å². The molecule has 0 spiro atoms. The van der Waals surface area contributed by atoms with E-state index in [0.717, 1.165) is 44.1 Å². The molecule has 1 aliphatic carbocycles. The van der Waals surface area contributed by atoms with Crippen LogP contribution < -0.4 is 10.2 Å². The Labute approximate surface area is 148 Å². The zero-order valence-electron chi connectivity index (χ0n) is 15.1. The Hall–Kier alpha value is -2.15. The Morgan fingerprint density at radius 1 is 1.24 bits per heavy atom. The molecule has 0 radical (unpaired) electrons. The smallest absolute Gasteiger partial charge is 0.133 e. The van der Waals surface area contributed by atoms with Gasteiger partial charge in [-0.2, -0.15) is 5.10 Å². The Morgan fingerprint density at radius 2 is 2.08 bits per heavy atom. The van der Waals surface area contributed by atoms with Crippen LogP contribution in [0, 0.1) is 0 Å². The van der Waals surface area contributed by atoms with E-state index in [0.29, 0.717) is 6.04 Å². The van der Waals surface area contributed by atoms with Crippen LogP contribution in [0.3, 0.4) is 0 Å². The molecule has 7 heteroatoms. The van der Waals surface area contributed by atoms with Crippen LogP contribution in [-0.4, -0.2) is 58.3 Å². The highest BCUT2D eigenvalue weighted by Gasteiger charge is 2.23. The average molecular weight is 341 g/mol. The Morgan fingerprint density at radius 3 is 2.88 bits per heavy atom. The average Bonchev–Trinajstić information content (AvgIpc) is 3.22. The van der Waals surface area contributed by atoms with E-state index < -0.39 is 0 Å². The molecule has 25 heavy (non-hydrogen) atoms. The Bertz CT molecular complexity index is 716. The molecule has 2 aromatic heterocycles. The number of nitrogens with one attached hydrogen (secondary N) is 2. The van der Waals surface area contributed by atoms with Gasteiger partial charge in [0.2, 0.25) is 0 Å². The summed E-state index contributed by atoms with van der Waals surface area (Å²) in [6.07, 6.45) is 7.53. The summed E-state index contributed by atoms with van der Waals surface area (Å²) in [5.41, 5.74) is 4.12. The van der Waals surface area contributed by atoms with Crippen molar-refractivity contribution in [3.05, 3.63) is 29.3 Å². The van der Waals surface area contributed by atoms with Gasteiger partial charge in [0.05, 0.1) is 5.69 Å². The minimum Gasteiger partial charge on any atom is -0.367 e. The predicted molar refractivity (Wildman–Crippen MR) is 98.9 cm³/mol. The number of H-pyrrole nitrogens is 1. The summed E-state index contributed by atoms with van der Waals surface area (Å²) in [5.74, 6) is 1.85.